The normalized spacial score (nSPS) is 12.4. The molecule has 0 aromatic carbocycles. The second-order valence-corrected chi connectivity index (χ2v) is 18.8. The van der Waals surface area contributed by atoms with Gasteiger partial charge in [0.15, 0.2) is 0 Å². The molecule has 0 rings (SSSR count). The summed E-state index contributed by atoms with van der Waals surface area (Å²) in [6, 6.07) is 0. The predicted octanol–water partition coefficient (Wildman–Crippen LogP) is 4.22. The molecule has 0 spiro atoms. The Morgan fingerprint density at radius 1 is 0.938 bits per heavy atom. The highest BCUT2D eigenvalue weighted by Gasteiger charge is 2.33. The first-order chi connectivity index (χ1) is 7.11. The Bertz CT molecular complexity index is 152. The summed E-state index contributed by atoms with van der Waals surface area (Å²) < 4.78 is 2.86. The topological polar surface area (TPSA) is 3.24 Å². The van der Waals surface area contributed by atoms with E-state index >= 15 is 0 Å². The van der Waals surface area contributed by atoms with E-state index in [2.05, 4.69) is 50.4 Å². The minimum absolute atomic E-state index is 0.639. The number of rotatable bonds is 5. The third-order valence-corrected chi connectivity index (χ3v) is 10.1. The maximum Gasteiger partial charge on any atom is 0.222 e. The van der Waals surface area contributed by atoms with Crippen LogP contribution >= 0.6 is 22.2 Å². The van der Waals surface area contributed by atoms with Crippen molar-refractivity contribution in [3.8, 4) is 0 Å². The van der Waals surface area contributed by atoms with Gasteiger partial charge in [-0.25, -0.2) is 0 Å². The molecular weight excluding hydrogens is 289 g/mol. The van der Waals surface area contributed by atoms with Crippen molar-refractivity contribution >= 4 is 46.8 Å². The van der Waals surface area contributed by atoms with Crippen LogP contribution < -0.4 is 0 Å². The van der Waals surface area contributed by atoms with Crippen LogP contribution in [0.4, 0.5) is 0 Å². The largest absolute Gasteiger partial charge is 0.346 e. The van der Waals surface area contributed by atoms with Crippen LogP contribution in [0.1, 0.15) is 19.8 Å². The van der Waals surface area contributed by atoms with Crippen molar-refractivity contribution in [1.29, 1.82) is 0 Å². The zero-order valence-corrected chi connectivity index (χ0v) is 17.0. The quantitative estimate of drug-likeness (QED) is 0.542. The summed E-state index contributed by atoms with van der Waals surface area (Å²) in [6.07, 6.45) is 2.69. The molecule has 0 saturated heterocycles. The monoisotopic (exact) mass is 317 g/mol. The summed E-state index contributed by atoms with van der Waals surface area (Å²) in [5.74, 6) is 0. The number of nitrogens with zero attached hydrogens (tertiary/aromatic N) is 1. The molecule has 1 nitrogen and oxygen atoms in total. The highest BCUT2D eigenvalue weighted by atomic mass is 35.7. The summed E-state index contributed by atoms with van der Waals surface area (Å²) in [7, 11) is -2.77. The van der Waals surface area contributed by atoms with Crippen molar-refractivity contribution in [3.63, 3.8) is 0 Å². The Kier molecular flexibility index (Phi) is 11.2. The molecule has 0 aromatic rings. The number of hydrogen-bond acceptors (Lipinski definition) is 1. The molecule has 0 heterocycles. The van der Waals surface area contributed by atoms with Crippen molar-refractivity contribution < 1.29 is 0 Å². The van der Waals surface area contributed by atoms with Crippen molar-refractivity contribution in [2.75, 3.05) is 6.54 Å². The van der Waals surface area contributed by atoms with Crippen LogP contribution in [-0.2, 0) is 0 Å². The Morgan fingerprint density at radius 2 is 1.25 bits per heavy atom. The molecule has 0 unspecified atom stereocenters. The third kappa shape index (κ3) is 10.4. The van der Waals surface area contributed by atoms with Gasteiger partial charge in [-0.3, -0.25) is 0 Å². The molecule has 6 heteroatoms. The summed E-state index contributed by atoms with van der Waals surface area (Å²) in [5, 5.41) is 0. The smallest absolute Gasteiger partial charge is 0.222 e. The van der Waals surface area contributed by atoms with E-state index in [1.807, 2.05) is 0 Å². The van der Waals surface area contributed by atoms with Crippen LogP contribution in [0.25, 0.3) is 0 Å². The molecule has 0 aliphatic heterocycles. The van der Waals surface area contributed by atoms with E-state index in [0.717, 1.165) is 0 Å². The number of hydrogen-bond donors (Lipinski definition) is 0. The number of halogens is 2. The van der Waals surface area contributed by atoms with Crippen LogP contribution in [0.2, 0.25) is 39.3 Å². The molecular formula is C10H29Cl2NSi3. The van der Waals surface area contributed by atoms with Crippen molar-refractivity contribution in [2.24, 2.45) is 0 Å². The van der Waals surface area contributed by atoms with Crippen LogP contribution in [0.15, 0.2) is 0 Å². The lowest BCUT2D eigenvalue weighted by molar-refractivity contribution is 0.574. The molecule has 0 aromatic heterocycles. The first-order valence-corrected chi connectivity index (χ1v) is 17.2. The van der Waals surface area contributed by atoms with Gasteiger partial charge < -0.3 is 4.23 Å². The van der Waals surface area contributed by atoms with E-state index < -0.39 is 24.6 Å². The van der Waals surface area contributed by atoms with Crippen LogP contribution in [0.5, 0.6) is 0 Å². The maximum absolute atomic E-state index is 4.90. The summed E-state index contributed by atoms with van der Waals surface area (Å²) >= 11 is 9.81. The maximum atomic E-state index is 4.90. The highest BCUT2D eigenvalue weighted by molar-refractivity contribution is 7.22. The standard InChI is InChI=1S/C10H27NSi2.Cl2H2Si/c1-8-9-10-11(12(2,3)4)13(5,6)7;1-3-2/h8-10H2,1-7H3;3H2. The van der Waals surface area contributed by atoms with Crippen molar-refractivity contribution in [3.05, 3.63) is 0 Å². The van der Waals surface area contributed by atoms with Crippen molar-refractivity contribution in [2.45, 2.75) is 59.0 Å². The first-order valence-electron chi connectivity index (χ1n) is 6.01. The Labute approximate surface area is 116 Å². The second kappa shape index (κ2) is 9.16. The van der Waals surface area contributed by atoms with E-state index in [0.29, 0.717) is 0 Å². The van der Waals surface area contributed by atoms with Crippen LogP contribution in [-0.4, -0.2) is 35.4 Å². The van der Waals surface area contributed by atoms with Gasteiger partial charge in [-0.2, -0.15) is 22.2 Å². The van der Waals surface area contributed by atoms with Crippen LogP contribution in [0.3, 0.4) is 0 Å². The Morgan fingerprint density at radius 3 is 1.44 bits per heavy atom. The first kappa shape index (κ1) is 19.5. The predicted molar refractivity (Wildman–Crippen MR) is 88.6 cm³/mol. The highest BCUT2D eigenvalue weighted by Crippen LogP contribution is 2.19. The molecule has 0 N–H and O–H groups in total. The van der Waals surface area contributed by atoms with Gasteiger partial charge in [0, 0.05) is 0 Å². The van der Waals surface area contributed by atoms with Gasteiger partial charge in [-0.15, -0.1) is 0 Å². The summed E-state index contributed by atoms with van der Waals surface area (Å²) in [4.78, 5) is 0. The van der Waals surface area contributed by atoms with Gasteiger partial charge in [-0.05, 0) is 13.0 Å². The molecule has 0 amide bonds. The van der Waals surface area contributed by atoms with Crippen molar-refractivity contribution in [1.82, 2.24) is 4.23 Å². The molecule has 0 saturated carbocycles. The average Bonchev–Trinajstić information content (AvgIpc) is 2.01. The van der Waals surface area contributed by atoms with E-state index in [4.69, 9.17) is 22.2 Å². The lowest BCUT2D eigenvalue weighted by atomic mass is 10.3. The van der Waals surface area contributed by atoms with E-state index in [9.17, 15) is 0 Å². The Hall–Kier alpha value is 1.19. The van der Waals surface area contributed by atoms with Gasteiger partial charge in [0.1, 0.15) is 16.5 Å². The average molecular weight is 319 g/mol. The molecule has 0 fully saturated rings. The van der Waals surface area contributed by atoms with Gasteiger partial charge >= 0.3 is 0 Å². The van der Waals surface area contributed by atoms with E-state index in [1.54, 1.807) is 0 Å². The molecule has 0 radical (unpaired) electrons. The zero-order chi connectivity index (χ0) is 13.4. The minimum Gasteiger partial charge on any atom is -0.346 e. The second-order valence-electron chi connectivity index (χ2n) is 5.95. The molecule has 16 heavy (non-hydrogen) atoms. The molecule has 0 aliphatic carbocycles. The molecule has 0 bridgehead atoms. The van der Waals surface area contributed by atoms with Gasteiger partial charge in [0.25, 0.3) is 0 Å². The lowest BCUT2D eigenvalue weighted by Crippen LogP contribution is -2.59. The number of unbranched alkanes of at least 4 members (excludes halogenated alkanes) is 1. The third-order valence-electron chi connectivity index (χ3n) is 2.35. The fourth-order valence-corrected chi connectivity index (χ4v) is 11.7. The van der Waals surface area contributed by atoms with Gasteiger partial charge in [0.05, 0.1) is 0 Å². The molecule has 0 aliphatic rings. The fourth-order valence-electron chi connectivity index (χ4n) is 1.99. The SMILES string of the molecule is CCCCN([Si](C)(C)C)[Si](C)(C)C.Cl[SiH2]Cl. The van der Waals surface area contributed by atoms with E-state index in [-0.39, 0.29) is 0 Å². The van der Waals surface area contributed by atoms with Gasteiger partial charge in [-0.1, -0.05) is 52.6 Å². The molecule has 100 valence electrons. The van der Waals surface area contributed by atoms with Crippen LogP contribution in [0, 0.1) is 0 Å². The lowest BCUT2D eigenvalue weighted by Gasteiger charge is -2.43. The fraction of sp³-hybridized carbons (Fsp3) is 1.00. The van der Waals surface area contributed by atoms with E-state index in [1.165, 1.54) is 19.4 Å². The van der Waals surface area contributed by atoms with Gasteiger partial charge in [0.2, 0.25) is 8.14 Å². The summed E-state index contributed by atoms with van der Waals surface area (Å²) in [6.45, 7) is 18.5. The Balaban J connectivity index is 0. The zero-order valence-electron chi connectivity index (χ0n) is 12.0. The molecule has 0 atom stereocenters. The minimum atomic E-state index is -1.06. The summed E-state index contributed by atoms with van der Waals surface area (Å²) in [5.41, 5.74) is 0.